The molecule has 0 amide bonds. The Bertz CT molecular complexity index is 682. The molecular formula is C10H9Br2N3O2S. The SMILES string of the molecule is Cc1ncc(S(=O)(=O)Nc2cc(Br)ccc2Br)[nH]1. The van der Waals surface area contributed by atoms with Gasteiger partial charge in [0, 0.05) is 8.95 Å². The number of hydrogen-bond acceptors (Lipinski definition) is 3. The lowest BCUT2D eigenvalue weighted by Crippen LogP contribution is -2.13. The number of anilines is 1. The standard InChI is InChI=1S/C10H9Br2N3O2S/c1-6-13-5-10(14-6)18(16,17)15-9-4-7(11)2-3-8(9)12/h2-5,15H,1H3,(H,13,14). The molecule has 0 fully saturated rings. The van der Waals surface area contributed by atoms with E-state index >= 15 is 0 Å². The van der Waals surface area contributed by atoms with Crippen LogP contribution >= 0.6 is 31.9 Å². The second-order valence-electron chi connectivity index (χ2n) is 3.56. The lowest BCUT2D eigenvalue weighted by atomic mass is 10.3. The number of hydrogen-bond donors (Lipinski definition) is 2. The van der Waals surface area contributed by atoms with E-state index in [1.165, 1.54) is 6.20 Å². The third kappa shape index (κ3) is 2.93. The molecule has 8 heteroatoms. The predicted octanol–water partition coefficient (Wildman–Crippen LogP) is 3.04. The molecule has 0 radical (unpaired) electrons. The third-order valence-electron chi connectivity index (χ3n) is 2.14. The number of rotatable bonds is 3. The number of aryl methyl sites for hydroxylation is 1. The van der Waals surface area contributed by atoms with Gasteiger partial charge in [-0.25, -0.2) is 4.98 Å². The zero-order valence-corrected chi connectivity index (χ0v) is 13.2. The molecule has 0 atom stereocenters. The van der Waals surface area contributed by atoms with Gasteiger partial charge in [-0.05, 0) is 41.1 Å². The first-order valence-corrected chi connectivity index (χ1v) is 7.95. The van der Waals surface area contributed by atoms with Crippen molar-refractivity contribution in [2.45, 2.75) is 11.9 Å². The van der Waals surface area contributed by atoms with E-state index < -0.39 is 10.0 Å². The van der Waals surface area contributed by atoms with E-state index in [9.17, 15) is 8.42 Å². The summed E-state index contributed by atoms with van der Waals surface area (Å²) in [6, 6.07) is 5.23. The largest absolute Gasteiger partial charge is 0.332 e. The molecule has 0 aliphatic heterocycles. The van der Waals surface area contributed by atoms with Crippen LogP contribution in [0.25, 0.3) is 0 Å². The molecule has 96 valence electrons. The van der Waals surface area contributed by atoms with Crippen molar-refractivity contribution >= 4 is 47.6 Å². The molecule has 2 N–H and O–H groups in total. The Hall–Kier alpha value is -0.860. The zero-order chi connectivity index (χ0) is 13.3. The predicted molar refractivity (Wildman–Crippen MR) is 76.0 cm³/mol. The summed E-state index contributed by atoms with van der Waals surface area (Å²) in [4.78, 5) is 6.55. The minimum atomic E-state index is -3.65. The molecule has 0 saturated carbocycles. The summed E-state index contributed by atoms with van der Waals surface area (Å²) in [5, 5.41) is 0.0341. The van der Waals surface area contributed by atoms with E-state index in [0.29, 0.717) is 16.0 Å². The Balaban J connectivity index is 2.36. The monoisotopic (exact) mass is 393 g/mol. The fourth-order valence-corrected chi connectivity index (χ4v) is 3.19. The van der Waals surface area contributed by atoms with Crippen LogP contribution in [0.3, 0.4) is 0 Å². The quantitative estimate of drug-likeness (QED) is 0.839. The molecular weight excluding hydrogens is 386 g/mol. The molecule has 0 aliphatic rings. The molecule has 2 aromatic rings. The Morgan fingerprint density at radius 2 is 2.06 bits per heavy atom. The minimum absolute atomic E-state index is 0.0341. The molecule has 0 unspecified atom stereocenters. The maximum atomic E-state index is 12.1. The van der Waals surface area contributed by atoms with Crippen LogP contribution in [0.2, 0.25) is 0 Å². The van der Waals surface area contributed by atoms with Crippen molar-refractivity contribution in [3.63, 3.8) is 0 Å². The van der Waals surface area contributed by atoms with Gasteiger partial charge in [0.05, 0.1) is 11.9 Å². The molecule has 18 heavy (non-hydrogen) atoms. The number of sulfonamides is 1. The van der Waals surface area contributed by atoms with Crippen LogP contribution < -0.4 is 4.72 Å². The van der Waals surface area contributed by atoms with E-state index in [1.54, 1.807) is 19.1 Å². The summed E-state index contributed by atoms with van der Waals surface area (Å²) in [5.74, 6) is 0.545. The van der Waals surface area contributed by atoms with Gasteiger partial charge in [-0.2, -0.15) is 8.42 Å². The second kappa shape index (κ2) is 5.02. The molecule has 0 saturated heterocycles. The highest BCUT2D eigenvalue weighted by molar-refractivity contribution is 9.11. The average Bonchev–Trinajstić information content (AvgIpc) is 2.71. The van der Waals surface area contributed by atoms with Gasteiger partial charge in [-0.3, -0.25) is 4.72 Å². The summed E-state index contributed by atoms with van der Waals surface area (Å²) in [5.41, 5.74) is 0.455. The van der Waals surface area contributed by atoms with E-state index in [1.807, 2.05) is 6.07 Å². The van der Waals surface area contributed by atoms with Gasteiger partial charge in [0.25, 0.3) is 10.0 Å². The highest BCUT2D eigenvalue weighted by Gasteiger charge is 2.17. The maximum Gasteiger partial charge on any atom is 0.279 e. The number of aromatic nitrogens is 2. The van der Waals surface area contributed by atoms with Gasteiger partial charge >= 0.3 is 0 Å². The van der Waals surface area contributed by atoms with Crippen LogP contribution in [0, 0.1) is 6.92 Å². The van der Waals surface area contributed by atoms with Gasteiger partial charge < -0.3 is 4.98 Å². The summed E-state index contributed by atoms with van der Waals surface area (Å²) >= 11 is 6.58. The lowest BCUT2D eigenvalue weighted by Gasteiger charge is -2.08. The molecule has 1 aromatic heterocycles. The van der Waals surface area contributed by atoms with Crippen LogP contribution in [0.5, 0.6) is 0 Å². The maximum absolute atomic E-state index is 12.1. The van der Waals surface area contributed by atoms with Crippen molar-refractivity contribution in [3.8, 4) is 0 Å². The van der Waals surface area contributed by atoms with Crippen LogP contribution in [0.4, 0.5) is 5.69 Å². The highest BCUT2D eigenvalue weighted by Crippen LogP contribution is 2.27. The van der Waals surface area contributed by atoms with Crippen LogP contribution in [0.1, 0.15) is 5.82 Å². The topological polar surface area (TPSA) is 74.8 Å². The van der Waals surface area contributed by atoms with Crippen molar-refractivity contribution in [1.29, 1.82) is 0 Å². The summed E-state index contributed by atoms with van der Waals surface area (Å²) < 4.78 is 28.0. The van der Waals surface area contributed by atoms with Crippen molar-refractivity contribution in [1.82, 2.24) is 9.97 Å². The second-order valence-corrected chi connectivity index (χ2v) is 6.98. The van der Waals surface area contributed by atoms with E-state index in [-0.39, 0.29) is 5.03 Å². The Labute approximate surface area is 121 Å². The number of nitrogens with one attached hydrogen (secondary N) is 2. The first kappa shape index (κ1) is 13.6. The fourth-order valence-electron chi connectivity index (χ4n) is 1.31. The summed E-state index contributed by atoms with van der Waals surface area (Å²) in [6.07, 6.45) is 1.28. The van der Waals surface area contributed by atoms with Gasteiger partial charge in [-0.15, -0.1) is 0 Å². The molecule has 1 heterocycles. The van der Waals surface area contributed by atoms with E-state index in [2.05, 4.69) is 46.5 Å². The van der Waals surface area contributed by atoms with Crippen LogP contribution in [0.15, 0.2) is 38.4 Å². The van der Waals surface area contributed by atoms with Crippen LogP contribution in [-0.4, -0.2) is 18.4 Å². The smallest absolute Gasteiger partial charge is 0.279 e. The average molecular weight is 395 g/mol. The fraction of sp³-hybridized carbons (Fsp3) is 0.100. The third-order valence-corrected chi connectivity index (χ3v) is 4.60. The molecule has 1 aromatic carbocycles. The van der Waals surface area contributed by atoms with Crippen molar-refractivity contribution in [2.24, 2.45) is 0 Å². The van der Waals surface area contributed by atoms with Crippen molar-refractivity contribution in [2.75, 3.05) is 4.72 Å². The first-order valence-electron chi connectivity index (χ1n) is 4.88. The normalized spacial score (nSPS) is 11.5. The number of halogens is 2. The highest BCUT2D eigenvalue weighted by atomic mass is 79.9. The number of benzene rings is 1. The van der Waals surface area contributed by atoms with Crippen LogP contribution in [-0.2, 0) is 10.0 Å². The Morgan fingerprint density at radius 3 is 2.67 bits per heavy atom. The number of imidazole rings is 1. The summed E-state index contributed by atoms with van der Waals surface area (Å²) in [7, 11) is -3.65. The number of H-pyrrole nitrogens is 1. The minimum Gasteiger partial charge on any atom is -0.332 e. The molecule has 0 spiro atoms. The zero-order valence-electron chi connectivity index (χ0n) is 9.24. The molecule has 0 aliphatic carbocycles. The Morgan fingerprint density at radius 1 is 1.33 bits per heavy atom. The van der Waals surface area contributed by atoms with Gasteiger partial charge in [0.2, 0.25) is 0 Å². The lowest BCUT2D eigenvalue weighted by molar-refractivity contribution is 0.598. The van der Waals surface area contributed by atoms with Gasteiger partial charge in [0.1, 0.15) is 5.82 Å². The van der Waals surface area contributed by atoms with E-state index in [0.717, 1.165) is 4.47 Å². The van der Waals surface area contributed by atoms with Gasteiger partial charge in [-0.1, -0.05) is 15.9 Å². The Kier molecular flexibility index (Phi) is 3.79. The molecule has 5 nitrogen and oxygen atoms in total. The molecule has 0 bridgehead atoms. The van der Waals surface area contributed by atoms with Gasteiger partial charge in [0.15, 0.2) is 5.03 Å². The summed E-state index contributed by atoms with van der Waals surface area (Å²) in [6.45, 7) is 1.69. The van der Waals surface area contributed by atoms with E-state index in [4.69, 9.17) is 0 Å². The first-order chi connectivity index (χ1) is 8.38. The van der Waals surface area contributed by atoms with Crippen molar-refractivity contribution in [3.05, 3.63) is 39.2 Å². The number of aromatic amines is 1. The number of nitrogens with zero attached hydrogens (tertiary/aromatic N) is 1. The molecule has 2 rings (SSSR count). The van der Waals surface area contributed by atoms with Crippen molar-refractivity contribution < 1.29 is 8.42 Å².